The third kappa shape index (κ3) is 7.31. The lowest BCUT2D eigenvalue weighted by Gasteiger charge is -2.36. The Morgan fingerprint density at radius 1 is 1.13 bits per heavy atom. The van der Waals surface area contributed by atoms with Crippen LogP contribution in [0.15, 0.2) is 41.6 Å². The summed E-state index contributed by atoms with van der Waals surface area (Å²) in [5.41, 5.74) is 2.35. The van der Waals surface area contributed by atoms with E-state index in [2.05, 4.69) is 30.4 Å². The van der Waals surface area contributed by atoms with E-state index >= 15 is 0 Å². The molecule has 4 aromatic heterocycles. The second-order valence-corrected chi connectivity index (χ2v) is 12.5. The number of piperazine rings is 1. The number of alkyl halides is 3. The number of halogens is 4. The Bertz CT molecular complexity index is 2250. The van der Waals surface area contributed by atoms with Gasteiger partial charge in [-0.05, 0) is 37.6 Å². The van der Waals surface area contributed by atoms with Crippen LogP contribution in [0.2, 0.25) is 5.02 Å². The largest absolute Gasteiger partial charge is 0.504 e. The van der Waals surface area contributed by atoms with Crippen molar-refractivity contribution in [1.82, 2.24) is 39.0 Å². The van der Waals surface area contributed by atoms with E-state index in [1.165, 1.54) is 16.9 Å². The lowest BCUT2D eigenvalue weighted by molar-refractivity contribution is -0.137. The van der Waals surface area contributed by atoms with Crippen LogP contribution in [0, 0.1) is 6.92 Å². The summed E-state index contributed by atoms with van der Waals surface area (Å²) in [7, 11) is 1.59. The smallest absolute Gasteiger partial charge is 0.416 e. The highest BCUT2D eigenvalue weighted by molar-refractivity contribution is 6.33. The number of anilines is 2. The number of rotatable bonds is 7. The van der Waals surface area contributed by atoms with Crippen LogP contribution in [0.4, 0.5) is 24.5 Å². The van der Waals surface area contributed by atoms with E-state index < -0.39 is 17.6 Å². The lowest BCUT2D eigenvalue weighted by atomic mass is 10.1. The molecule has 2 N–H and O–H groups in total. The average Bonchev–Trinajstić information content (AvgIpc) is 3.81. The zero-order chi connectivity index (χ0) is 38.0. The number of carbonyl (C=O) groups excluding carboxylic acids is 2. The van der Waals surface area contributed by atoms with E-state index in [0.29, 0.717) is 79.2 Å². The fourth-order valence-corrected chi connectivity index (χ4v) is 6.41. The van der Waals surface area contributed by atoms with Gasteiger partial charge in [0.2, 0.25) is 11.7 Å². The van der Waals surface area contributed by atoms with Crippen molar-refractivity contribution in [2.45, 2.75) is 39.4 Å². The third-order valence-corrected chi connectivity index (χ3v) is 9.18. The molecule has 0 aliphatic carbocycles. The van der Waals surface area contributed by atoms with Gasteiger partial charge in [0.15, 0.2) is 17.3 Å². The minimum absolute atomic E-state index is 0.000838. The van der Waals surface area contributed by atoms with Crippen molar-refractivity contribution in [2.75, 3.05) is 50.1 Å². The summed E-state index contributed by atoms with van der Waals surface area (Å²) in [5.74, 6) is 0.549. The average molecular weight is 755 g/mol. The maximum Gasteiger partial charge on any atom is 0.416 e. The summed E-state index contributed by atoms with van der Waals surface area (Å²) in [6.45, 7) is 5.42. The number of aryl methyl sites for hydroxylation is 1. The number of nitrogens with zero attached hydrogens (tertiary/aromatic N) is 9. The molecule has 2 aliphatic heterocycles. The van der Waals surface area contributed by atoms with Crippen molar-refractivity contribution in [3.63, 3.8) is 0 Å². The standard InChI is InChI=1S/C26H27N9O5.C8H7ClF3N/c1-3-18-20(32-5-7-33(8-6-32)24(38)19-21(37)15(2)28-14-29-19)25(39)35-26(34(18)9-10-36)30-22(31-35)17-12-16-4-11-40-23(16)27-13-17;1-13-7-3-2-5(4-6(7)9)8(10,11)12/h10,12-14,37H,3-9,11H2,1-2H3;2-4,13H,1H3. The highest BCUT2D eigenvalue weighted by Gasteiger charge is 2.32. The van der Waals surface area contributed by atoms with Crippen LogP contribution in [-0.2, 0) is 30.4 Å². The monoisotopic (exact) mass is 754 g/mol. The minimum Gasteiger partial charge on any atom is -0.504 e. The number of hydrogen-bond acceptors (Lipinski definition) is 12. The molecule has 53 heavy (non-hydrogen) atoms. The van der Waals surface area contributed by atoms with Gasteiger partial charge in [-0.25, -0.2) is 15.0 Å². The number of aromatic nitrogens is 7. The van der Waals surface area contributed by atoms with Crippen molar-refractivity contribution in [1.29, 1.82) is 0 Å². The third-order valence-electron chi connectivity index (χ3n) is 8.87. The van der Waals surface area contributed by atoms with Crippen LogP contribution < -0.4 is 20.5 Å². The zero-order valence-electron chi connectivity index (χ0n) is 28.8. The van der Waals surface area contributed by atoms with E-state index in [4.69, 9.17) is 16.3 Å². The van der Waals surface area contributed by atoms with E-state index in [1.807, 2.05) is 17.9 Å². The molecule has 19 heteroatoms. The summed E-state index contributed by atoms with van der Waals surface area (Å²) in [6, 6.07) is 5.09. The fraction of sp³-hybridized carbons (Fsp3) is 0.353. The number of hydrogen-bond donors (Lipinski definition) is 2. The van der Waals surface area contributed by atoms with Gasteiger partial charge in [0.05, 0.1) is 40.8 Å². The van der Waals surface area contributed by atoms with Gasteiger partial charge in [0.25, 0.3) is 11.5 Å². The molecule has 0 unspecified atom stereocenters. The first-order chi connectivity index (χ1) is 25.4. The van der Waals surface area contributed by atoms with Crippen molar-refractivity contribution in [2.24, 2.45) is 0 Å². The van der Waals surface area contributed by atoms with Gasteiger partial charge >= 0.3 is 6.18 Å². The van der Waals surface area contributed by atoms with Gasteiger partial charge in [0, 0.05) is 57.0 Å². The van der Waals surface area contributed by atoms with Crippen molar-refractivity contribution in [3.8, 4) is 23.0 Å². The van der Waals surface area contributed by atoms with Crippen LogP contribution in [-0.4, -0.2) is 96.2 Å². The van der Waals surface area contributed by atoms with Crippen molar-refractivity contribution in [3.05, 3.63) is 80.4 Å². The Morgan fingerprint density at radius 3 is 2.55 bits per heavy atom. The summed E-state index contributed by atoms with van der Waals surface area (Å²) >= 11 is 5.57. The second kappa shape index (κ2) is 15.1. The van der Waals surface area contributed by atoms with Gasteiger partial charge < -0.3 is 34.3 Å². The SMILES string of the molecule is CCc1c(N2CCN(C(=O)c3ncnc(C)c3O)CC2)c(=O)n2nc(-c3cnc4c(c3)CCO4)nc2n1CC=O.CNc1ccc(C(F)(F)F)cc1Cl. The Labute approximate surface area is 305 Å². The Balaban J connectivity index is 0.000000314. The number of aldehydes is 1. The topological polar surface area (TPSA) is 173 Å². The summed E-state index contributed by atoms with van der Waals surface area (Å²) < 4.78 is 44.8. The first-order valence-electron chi connectivity index (χ1n) is 16.5. The molecule has 0 bridgehead atoms. The molecule has 1 saturated heterocycles. The van der Waals surface area contributed by atoms with Crippen molar-refractivity contribution < 1.29 is 32.6 Å². The molecule has 0 saturated carbocycles. The molecule has 0 atom stereocenters. The zero-order valence-corrected chi connectivity index (χ0v) is 29.6. The summed E-state index contributed by atoms with van der Waals surface area (Å²) in [4.78, 5) is 59.0. The summed E-state index contributed by atoms with van der Waals surface area (Å²) in [5, 5.41) is 17.5. The predicted molar refractivity (Wildman–Crippen MR) is 188 cm³/mol. The van der Waals surface area contributed by atoms with E-state index in [1.54, 1.807) is 29.6 Å². The van der Waals surface area contributed by atoms with E-state index in [-0.39, 0.29) is 34.3 Å². The molecule has 7 rings (SSSR count). The van der Waals surface area contributed by atoms with E-state index in [9.17, 15) is 32.7 Å². The summed E-state index contributed by atoms with van der Waals surface area (Å²) in [6.07, 6.45) is 0.495. The van der Waals surface area contributed by atoms with Gasteiger partial charge in [-0.2, -0.15) is 22.7 Å². The number of pyridine rings is 1. The quantitative estimate of drug-likeness (QED) is 0.231. The molecule has 6 heterocycles. The van der Waals surface area contributed by atoms with Gasteiger partial charge in [-0.15, -0.1) is 5.10 Å². The number of carbonyl (C=O) groups is 2. The number of fused-ring (bicyclic) bond motifs is 2. The minimum atomic E-state index is -4.34. The highest BCUT2D eigenvalue weighted by Crippen LogP contribution is 2.33. The normalized spacial score (nSPS) is 14.0. The van der Waals surface area contributed by atoms with E-state index in [0.717, 1.165) is 30.4 Å². The number of nitrogens with one attached hydrogen (secondary N) is 1. The molecule has 2 aliphatic rings. The van der Waals surface area contributed by atoms with Crippen LogP contribution >= 0.6 is 11.6 Å². The highest BCUT2D eigenvalue weighted by atomic mass is 35.5. The van der Waals surface area contributed by atoms with Crippen LogP contribution in [0.1, 0.15) is 39.9 Å². The lowest BCUT2D eigenvalue weighted by Crippen LogP contribution is -2.51. The maximum atomic E-state index is 13.9. The van der Waals surface area contributed by atoms with Crippen molar-refractivity contribution >= 4 is 40.9 Å². The maximum absolute atomic E-state index is 13.9. The molecule has 0 radical (unpaired) electrons. The molecule has 1 aromatic carbocycles. The Hall–Kier alpha value is -5.78. The first-order valence-corrected chi connectivity index (χ1v) is 16.9. The number of ether oxygens (including phenoxy) is 1. The number of benzene rings is 1. The molecule has 5 aromatic rings. The van der Waals surface area contributed by atoms with Gasteiger partial charge in [0.1, 0.15) is 18.3 Å². The Kier molecular flexibility index (Phi) is 10.5. The molecule has 278 valence electrons. The van der Waals surface area contributed by atoms with Gasteiger partial charge in [-0.3, -0.25) is 9.59 Å². The predicted octanol–water partition coefficient (Wildman–Crippen LogP) is 3.82. The van der Waals surface area contributed by atoms with Crippen LogP contribution in [0.5, 0.6) is 11.6 Å². The van der Waals surface area contributed by atoms with Gasteiger partial charge in [-0.1, -0.05) is 18.5 Å². The molecule has 15 nitrogen and oxygen atoms in total. The molecule has 1 fully saturated rings. The fourth-order valence-electron chi connectivity index (χ4n) is 6.14. The molecular formula is C34H34ClF3N10O5. The first kappa shape index (κ1) is 37.0. The van der Waals surface area contributed by atoms with Crippen LogP contribution in [0.3, 0.4) is 0 Å². The van der Waals surface area contributed by atoms with Crippen LogP contribution in [0.25, 0.3) is 17.2 Å². The molecule has 1 amide bonds. The number of aromatic hydroxyl groups is 1. The number of amides is 1. The second-order valence-electron chi connectivity index (χ2n) is 12.0. The molecule has 0 spiro atoms. The molecular weight excluding hydrogens is 721 g/mol. The Morgan fingerprint density at radius 2 is 1.89 bits per heavy atom.